The molecule has 2 rings (SSSR count). The van der Waals surface area contributed by atoms with Crippen LogP contribution in [0, 0.1) is 6.92 Å². The summed E-state index contributed by atoms with van der Waals surface area (Å²) in [6.45, 7) is 6.26. The summed E-state index contributed by atoms with van der Waals surface area (Å²) < 4.78 is 5.75. The molecule has 5 nitrogen and oxygen atoms in total. The van der Waals surface area contributed by atoms with Gasteiger partial charge in [-0.25, -0.2) is 4.79 Å². The standard InChI is InChI=1S/C16H25N3O2/c1-3-9-19(12-14-6-4-5-10-21-14)16(20)18-15-7-8-17-11-13(15)2/h7-8,11,14H,3-6,9-10,12H2,1-2H3,(H,17,18,20)/t14-/m0/s1. The highest BCUT2D eigenvalue weighted by atomic mass is 16.5. The summed E-state index contributed by atoms with van der Waals surface area (Å²) in [5, 5.41) is 2.98. The van der Waals surface area contributed by atoms with E-state index in [0.717, 1.165) is 43.7 Å². The Kier molecular flexibility index (Phi) is 5.99. The van der Waals surface area contributed by atoms with Gasteiger partial charge >= 0.3 is 6.03 Å². The lowest BCUT2D eigenvalue weighted by atomic mass is 10.1. The van der Waals surface area contributed by atoms with Crippen molar-refractivity contribution in [1.82, 2.24) is 9.88 Å². The van der Waals surface area contributed by atoms with E-state index in [9.17, 15) is 4.79 Å². The van der Waals surface area contributed by atoms with Crippen LogP contribution in [-0.4, -0.2) is 41.7 Å². The largest absolute Gasteiger partial charge is 0.376 e. The van der Waals surface area contributed by atoms with Gasteiger partial charge in [0.1, 0.15) is 0 Å². The van der Waals surface area contributed by atoms with Crippen molar-refractivity contribution in [2.45, 2.75) is 45.6 Å². The summed E-state index contributed by atoms with van der Waals surface area (Å²) in [4.78, 5) is 18.4. The molecule has 0 bridgehead atoms. The van der Waals surface area contributed by atoms with Crippen LogP contribution in [0.15, 0.2) is 18.5 Å². The van der Waals surface area contributed by atoms with Crippen molar-refractivity contribution in [3.63, 3.8) is 0 Å². The Hall–Kier alpha value is -1.62. The minimum atomic E-state index is -0.0553. The third kappa shape index (κ3) is 4.70. The van der Waals surface area contributed by atoms with Crippen LogP contribution in [0.2, 0.25) is 0 Å². The maximum absolute atomic E-state index is 12.5. The lowest BCUT2D eigenvalue weighted by Crippen LogP contribution is -2.42. The zero-order chi connectivity index (χ0) is 15.1. The van der Waals surface area contributed by atoms with Gasteiger partial charge in [-0.2, -0.15) is 0 Å². The Morgan fingerprint density at radius 2 is 2.38 bits per heavy atom. The Morgan fingerprint density at radius 3 is 3.05 bits per heavy atom. The topological polar surface area (TPSA) is 54.5 Å². The van der Waals surface area contributed by atoms with E-state index in [1.54, 1.807) is 12.4 Å². The van der Waals surface area contributed by atoms with E-state index < -0.39 is 0 Å². The van der Waals surface area contributed by atoms with Crippen LogP contribution in [0.1, 0.15) is 38.2 Å². The molecule has 2 amide bonds. The van der Waals surface area contributed by atoms with E-state index in [1.807, 2.05) is 17.9 Å². The molecule has 0 saturated carbocycles. The first kappa shape index (κ1) is 15.8. The number of ether oxygens (including phenoxy) is 1. The summed E-state index contributed by atoms with van der Waals surface area (Å²) in [5.74, 6) is 0. The number of pyridine rings is 1. The highest BCUT2D eigenvalue weighted by Crippen LogP contribution is 2.16. The lowest BCUT2D eigenvalue weighted by molar-refractivity contribution is 0.00161. The number of nitrogens with zero attached hydrogens (tertiary/aromatic N) is 2. The van der Waals surface area contributed by atoms with E-state index in [4.69, 9.17) is 4.74 Å². The molecular formula is C16H25N3O2. The van der Waals surface area contributed by atoms with E-state index >= 15 is 0 Å². The van der Waals surface area contributed by atoms with Crippen molar-refractivity contribution >= 4 is 11.7 Å². The van der Waals surface area contributed by atoms with Crippen LogP contribution in [0.5, 0.6) is 0 Å². The summed E-state index contributed by atoms with van der Waals surface area (Å²) in [6.07, 6.45) is 7.93. The second kappa shape index (κ2) is 7.98. The molecule has 1 fully saturated rings. The van der Waals surface area contributed by atoms with Gasteiger partial charge < -0.3 is 15.0 Å². The molecule has 1 aliphatic heterocycles. The Bertz CT molecular complexity index is 459. The van der Waals surface area contributed by atoms with E-state index in [2.05, 4.69) is 17.2 Å². The highest BCUT2D eigenvalue weighted by Gasteiger charge is 2.21. The second-order valence-corrected chi connectivity index (χ2v) is 5.56. The predicted octanol–water partition coefficient (Wildman–Crippen LogP) is 3.20. The van der Waals surface area contributed by atoms with Crippen molar-refractivity contribution in [3.8, 4) is 0 Å². The third-order valence-corrected chi connectivity index (χ3v) is 3.74. The number of aryl methyl sites for hydroxylation is 1. The van der Waals surface area contributed by atoms with Crippen LogP contribution in [-0.2, 0) is 4.74 Å². The highest BCUT2D eigenvalue weighted by molar-refractivity contribution is 5.90. The van der Waals surface area contributed by atoms with Crippen molar-refractivity contribution in [2.24, 2.45) is 0 Å². The molecule has 0 aromatic carbocycles. The molecule has 1 aromatic rings. The van der Waals surface area contributed by atoms with Crippen LogP contribution >= 0.6 is 0 Å². The molecule has 1 aromatic heterocycles. The van der Waals surface area contributed by atoms with E-state index in [1.165, 1.54) is 6.42 Å². The minimum Gasteiger partial charge on any atom is -0.376 e. The van der Waals surface area contributed by atoms with Crippen LogP contribution in [0.3, 0.4) is 0 Å². The Labute approximate surface area is 126 Å². The lowest BCUT2D eigenvalue weighted by Gasteiger charge is -2.30. The summed E-state index contributed by atoms with van der Waals surface area (Å²) >= 11 is 0. The quantitative estimate of drug-likeness (QED) is 0.906. The van der Waals surface area contributed by atoms with Gasteiger partial charge in [-0.15, -0.1) is 0 Å². The Balaban J connectivity index is 1.96. The number of carbonyl (C=O) groups excluding carboxylic acids is 1. The number of nitrogens with one attached hydrogen (secondary N) is 1. The van der Waals surface area contributed by atoms with Crippen molar-refractivity contribution in [3.05, 3.63) is 24.0 Å². The van der Waals surface area contributed by atoms with Crippen LogP contribution in [0.25, 0.3) is 0 Å². The van der Waals surface area contributed by atoms with Gasteiger partial charge in [0.15, 0.2) is 0 Å². The van der Waals surface area contributed by atoms with E-state index in [-0.39, 0.29) is 12.1 Å². The van der Waals surface area contributed by atoms with Gasteiger partial charge in [0.2, 0.25) is 0 Å². The SMILES string of the molecule is CCCN(C[C@@H]1CCCCO1)C(=O)Nc1ccncc1C. The molecule has 1 atom stereocenters. The average molecular weight is 291 g/mol. The molecule has 2 heterocycles. The zero-order valence-corrected chi connectivity index (χ0v) is 13.0. The third-order valence-electron chi connectivity index (χ3n) is 3.74. The smallest absolute Gasteiger partial charge is 0.321 e. The second-order valence-electron chi connectivity index (χ2n) is 5.56. The molecule has 1 N–H and O–H groups in total. The fourth-order valence-corrected chi connectivity index (χ4v) is 2.55. The maximum atomic E-state index is 12.5. The minimum absolute atomic E-state index is 0.0553. The first-order chi connectivity index (χ1) is 10.2. The van der Waals surface area contributed by atoms with Gasteiger partial charge in [0.05, 0.1) is 6.10 Å². The summed E-state index contributed by atoms with van der Waals surface area (Å²) in [5.41, 5.74) is 1.79. The number of aromatic nitrogens is 1. The molecule has 1 saturated heterocycles. The van der Waals surface area contributed by atoms with Crippen LogP contribution < -0.4 is 5.32 Å². The van der Waals surface area contributed by atoms with Gasteiger partial charge in [-0.1, -0.05) is 6.92 Å². The number of hydrogen-bond acceptors (Lipinski definition) is 3. The monoisotopic (exact) mass is 291 g/mol. The number of carbonyl (C=O) groups is 1. The van der Waals surface area contributed by atoms with Crippen molar-refractivity contribution in [2.75, 3.05) is 25.0 Å². The number of anilines is 1. The van der Waals surface area contributed by atoms with Crippen molar-refractivity contribution in [1.29, 1.82) is 0 Å². The number of rotatable bonds is 5. The number of hydrogen-bond donors (Lipinski definition) is 1. The fraction of sp³-hybridized carbons (Fsp3) is 0.625. The molecule has 21 heavy (non-hydrogen) atoms. The molecule has 0 unspecified atom stereocenters. The van der Waals surface area contributed by atoms with E-state index in [0.29, 0.717) is 6.54 Å². The molecule has 0 radical (unpaired) electrons. The molecule has 0 aliphatic carbocycles. The van der Waals surface area contributed by atoms with Gasteiger partial charge in [0.25, 0.3) is 0 Å². The Morgan fingerprint density at radius 1 is 1.52 bits per heavy atom. The van der Waals surface area contributed by atoms with Crippen LogP contribution in [0.4, 0.5) is 10.5 Å². The van der Waals surface area contributed by atoms with Gasteiger partial charge in [0, 0.05) is 37.8 Å². The first-order valence-corrected chi connectivity index (χ1v) is 7.79. The average Bonchev–Trinajstić information content (AvgIpc) is 2.50. The molecule has 0 spiro atoms. The van der Waals surface area contributed by atoms with Crippen molar-refractivity contribution < 1.29 is 9.53 Å². The molecule has 116 valence electrons. The predicted molar refractivity (Wildman–Crippen MR) is 83.4 cm³/mol. The van der Waals surface area contributed by atoms with Gasteiger partial charge in [-0.3, -0.25) is 4.98 Å². The first-order valence-electron chi connectivity index (χ1n) is 7.79. The molecule has 1 aliphatic rings. The fourth-order valence-electron chi connectivity index (χ4n) is 2.55. The summed E-state index contributed by atoms with van der Waals surface area (Å²) in [6, 6.07) is 1.77. The molecule has 5 heteroatoms. The number of urea groups is 1. The normalized spacial score (nSPS) is 18.3. The summed E-state index contributed by atoms with van der Waals surface area (Å²) in [7, 11) is 0. The molecular weight excluding hydrogens is 266 g/mol. The number of amides is 2. The maximum Gasteiger partial charge on any atom is 0.321 e. The zero-order valence-electron chi connectivity index (χ0n) is 13.0. The van der Waals surface area contributed by atoms with Gasteiger partial charge in [-0.05, 0) is 44.2 Å².